The van der Waals surface area contributed by atoms with E-state index in [4.69, 9.17) is 10.3 Å². The molecule has 0 unspecified atom stereocenters. The topological polar surface area (TPSA) is 52.5 Å². The Balaban J connectivity index is 0.000000200. The van der Waals surface area contributed by atoms with Crippen LogP contribution in [-0.2, 0) is 32.7 Å². The first-order valence-corrected chi connectivity index (χ1v) is 6.14. The number of rotatable bonds is 2. The van der Waals surface area contributed by atoms with Gasteiger partial charge in [0, 0.05) is 32.7 Å². The molecule has 0 saturated heterocycles. The molecule has 0 atom stereocenters. The van der Waals surface area contributed by atoms with Gasteiger partial charge in [-0.1, -0.05) is 18.2 Å². The van der Waals surface area contributed by atoms with Crippen molar-refractivity contribution in [1.82, 2.24) is 0 Å². The minimum atomic E-state index is -0.190. The van der Waals surface area contributed by atoms with Gasteiger partial charge in [0.15, 0.2) is 0 Å². The smallest absolute Gasteiger partial charge is 0.126 e. The van der Waals surface area contributed by atoms with Crippen LogP contribution < -0.4 is 5.48 Å². The van der Waals surface area contributed by atoms with E-state index in [0.717, 1.165) is 12.8 Å². The summed E-state index contributed by atoms with van der Waals surface area (Å²) in [4.78, 5) is 0. The standard InChI is InChI=1S/C9H9FO.C6H7NO.Y/c10-9-4-3-7(11)5-8(9)6-1-2-6;8-7-6-4-2-1-3-5-6;/h3-6,11H,1-2H2;1-5,7-8H;. The van der Waals surface area contributed by atoms with Gasteiger partial charge in [0.05, 0.1) is 5.69 Å². The molecule has 0 amide bonds. The van der Waals surface area contributed by atoms with Gasteiger partial charge in [-0.05, 0) is 54.7 Å². The summed E-state index contributed by atoms with van der Waals surface area (Å²) in [5.74, 6) is 0.334. The maximum absolute atomic E-state index is 12.9. The molecule has 1 aliphatic carbocycles. The van der Waals surface area contributed by atoms with Gasteiger partial charge in [0.1, 0.15) is 11.6 Å². The van der Waals surface area contributed by atoms with Crippen molar-refractivity contribution in [3.8, 4) is 5.75 Å². The van der Waals surface area contributed by atoms with E-state index in [2.05, 4.69) is 0 Å². The van der Waals surface area contributed by atoms with Crippen molar-refractivity contribution in [3.63, 3.8) is 0 Å². The van der Waals surface area contributed by atoms with Gasteiger partial charge in [-0.25, -0.2) is 4.39 Å². The predicted octanol–water partition coefficient (Wildman–Crippen LogP) is 3.89. The maximum Gasteiger partial charge on any atom is 0.126 e. The van der Waals surface area contributed by atoms with E-state index in [0.29, 0.717) is 17.2 Å². The Morgan fingerprint density at radius 2 is 1.70 bits per heavy atom. The van der Waals surface area contributed by atoms with Gasteiger partial charge in [-0.3, -0.25) is 10.7 Å². The summed E-state index contributed by atoms with van der Waals surface area (Å²) in [6, 6.07) is 13.4. The monoisotopic (exact) mass is 350 g/mol. The van der Waals surface area contributed by atoms with Crippen molar-refractivity contribution >= 4 is 5.69 Å². The van der Waals surface area contributed by atoms with Crippen molar-refractivity contribution in [2.75, 3.05) is 5.48 Å². The Morgan fingerprint density at radius 3 is 2.20 bits per heavy atom. The average Bonchev–Trinajstić information content (AvgIpc) is 3.28. The Bertz CT molecular complexity index is 533. The van der Waals surface area contributed by atoms with E-state index in [-0.39, 0.29) is 44.3 Å². The molecule has 103 valence electrons. The molecule has 0 bridgehead atoms. The second-order valence-electron chi connectivity index (χ2n) is 4.46. The molecule has 3 rings (SSSR count). The van der Waals surface area contributed by atoms with Gasteiger partial charge >= 0.3 is 0 Å². The molecule has 1 fully saturated rings. The van der Waals surface area contributed by atoms with Crippen LogP contribution in [0.25, 0.3) is 0 Å². The van der Waals surface area contributed by atoms with E-state index >= 15 is 0 Å². The molecule has 1 radical (unpaired) electrons. The van der Waals surface area contributed by atoms with E-state index in [1.165, 1.54) is 18.2 Å². The van der Waals surface area contributed by atoms with Crippen LogP contribution in [0, 0.1) is 5.82 Å². The molecule has 1 saturated carbocycles. The molecule has 3 nitrogen and oxygen atoms in total. The van der Waals surface area contributed by atoms with Crippen LogP contribution in [0.5, 0.6) is 5.75 Å². The van der Waals surface area contributed by atoms with Crippen molar-refractivity contribution < 1.29 is 47.4 Å². The zero-order valence-corrected chi connectivity index (χ0v) is 13.8. The molecular weight excluding hydrogens is 334 g/mol. The number of phenols is 1. The number of hydrogen-bond donors (Lipinski definition) is 3. The van der Waals surface area contributed by atoms with E-state index < -0.39 is 0 Å². The summed E-state index contributed by atoms with van der Waals surface area (Å²) in [5, 5.41) is 17.3. The molecule has 2 aromatic carbocycles. The number of halogens is 1. The summed E-state index contributed by atoms with van der Waals surface area (Å²) >= 11 is 0. The van der Waals surface area contributed by atoms with Gasteiger partial charge in [-0.2, -0.15) is 0 Å². The summed E-state index contributed by atoms with van der Waals surface area (Å²) in [5.41, 5.74) is 3.41. The first kappa shape index (κ1) is 17.1. The second kappa shape index (κ2) is 8.35. The molecule has 3 N–H and O–H groups in total. The Labute approximate surface area is 142 Å². The normalized spacial score (nSPS) is 12.7. The first-order chi connectivity index (χ1) is 9.20. The third-order valence-electron chi connectivity index (χ3n) is 2.90. The van der Waals surface area contributed by atoms with Crippen LogP contribution in [0.2, 0.25) is 0 Å². The van der Waals surface area contributed by atoms with Crippen LogP contribution >= 0.6 is 0 Å². The fourth-order valence-corrected chi connectivity index (χ4v) is 1.75. The SMILES string of the molecule is ONc1ccccc1.Oc1ccc(F)c(C2CC2)c1.[Y]. The molecule has 2 aromatic rings. The number of para-hydroxylation sites is 1. The Hall–Kier alpha value is -0.966. The summed E-state index contributed by atoms with van der Waals surface area (Å²) in [6.07, 6.45) is 2.11. The fraction of sp³-hybridized carbons (Fsp3) is 0.200. The van der Waals surface area contributed by atoms with E-state index in [9.17, 15) is 4.39 Å². The number of anilines is 1. The van der Waals surface area contributed by atoms with Crippen LogP contribution in [0.1, 0.15) is 24.3 Å². The molecule has 1 aliphatic rings. The van der Waals surface area contributed by atoms with Gasteiger partial charge < -0.3 is 5.11 Å². The summed E-state index contributed by atoms with van der Waals surface area (Å²) < 4.78 is 12.9. The summed E-state index contributed by atoms with van der Waals surface area (Å²) in [7, 11) is 0. The minimum Gasteiger partial charge on any atom is -0.508 e. The van der Waals surface area contributed by atoms with Gasteiger partial charge in [-0.15, -0.1) is 0 Å². The van der Waals surface area contributed by atoms with Crippen LogP contribution in [-0.4, -0.2) is 10.3 Å². The molecule has 0 aromatic heterocycles. The zero-order chi connectivity index (χ0) is 13.7. The Morgan fingerprint density at radius 1 is 1.05 bits per heavy atom. The number of hydrogen-bond acceptors (Lipinski definition) is 3. The molecule has 0 aliphatic heterocycles. The quantitative estimate of drug-likeness (QED) is 0.721. The summed E-state index contributed by atoms with van der Waals surface area (Å²) in [6.45, 7) is 0. The van der Waals surface area contributed by atoms with E-state index in [1.807, 2.05) is 23.7 Å². The zero-order valence-electron chi connectivity index (χ0n) is 11.0. The number of nitrogens with one attached hydrogen (secondary N) is 1. The molecule has 0 heterocycles. The molecular formula is C15H16FNO2Y. The van der Waals surface area contributed by atoms with Gasteiger partial charge in [0.25, 0.3) is 0 Å². The number of aromatic hydroxyl groups is 1. The van der Waals surface area contributed by atoms with Crippen molar-refractivity contribution in [2.45, 2.75) is 18.8 Å². The largest absolute Gasteiger partial charge is 0.508 e. The molecule has 5 heteroatoms. The van der Waals surface area contributed by atoms with E-state index in [1.54, 1.807) is 12.1 Å². The van der Waals surface area contributed by atoms with Crippen LogP contribution in [0.4, 0.5) is 10.1 Å². The maximum atomic E-state index is 12.9. The fourth-order valence-electron chi connectivity index (χ4n) is 1.75. The van der Waals surface area contributed by atoms with Gasteiger partial charge in [0.2, 0.25) is 0 Å². The third-order valence-corrected chi connectivity index (χ3v) is 2.90. The van der Waals surface area contributed by atoms with Crippen LogP contribution in [0.3, 0.4) is 0 Å². The predicted molar refractivity (Wildman–Crippen MR) is 71.9 cm³/mol. The molecule has 20 heavy (non-hydrogen) atoms. The van der Waals surface area contributed by atoms with Crippen molar-refractivity contribution in [1.29, 1.82) is 0 Å². The third kappa shape index (κ3) is 5.19. The number of phenolic OH excluding ortho intramolecular Hbond substituents is 1. The van der Waals surface area contributed by atoms with Crippen molar-refractivity contribution in [2.24, 2.45) is 0 Å². The minimum absolute atomic E-state index is 0. The van der Waals surface area contributed by atoms with Crippen molar-refractivity contribution in [3.05, 3.63) is 59.9 Å². The second-order valence-corrected chi connectivity index (χ2v) is 4.46. The average molecular weight is 350 g/mol. The van der Waals surface area contributed by atoms with Crippen LogP contribution in [0.15, 0.2) is 48.5 Å². The molecule has 0 spiro atoms. The first-order valence-electron chi connectivity index (χ1n) is 6.14. The Kier molecular flexibility index (Phi) is 7.13. The number of benzene rings is 2.